The number of rotatable bonds is 18. The Labute approximate surface area is 227 Å². The molecule has 3 unspecified atom stereocenters. The molecule has 0 saturated carbocycles. The van der Waals surface area contributed by atoms with E-state index in [1.807, 2.05) is 19.1 Å². The van der Waals surface area contributed by atoms with Crippen LogP contribution in [0.25, 0.3) is 0 Å². The monoisotopic (exact) mass is 556 g/mol. The highest BCUT2D eigenvalue weighted by Crippen LogP contribution is 2.34. The number of ether oxygens (including phenoxy) is 3. The maximum atomic E-state index is 13.1. The van der Waals surface area contributed by atoms with E-state index < -0.39 is 48.3 Å². The molecule has 1 aliphatic rings. The zero-order valence-electron chi connectivity index (χ0n) is 21.9. The van der Waals surface area contributed by atoms with Crippen molar-refractivity contribution in [3.8, 4) is 0 Å². The molecular weight excluding hydrogens is 520 g/mol. The van der Waals surface area contributed by atoms with Gasteiger partial charge in [0.15, 0.2) is 0 Å². The van der Waals surface area contributed by atoms with Gasteiger partial charge in [0, 0.05) is 29.1 Å². The number of nitrogens with one attached hydrogen (secondary N) is 2. The molecule has 0 aromatic carbocycles. The lowest BCUT2D eigenvalue weighted by molar-refractivity contribution is -0.146. The first kappa shape index (κ1) is 33.0. The Morgan fingerprint density at radius 2 is 1.87 bits per heavy atom. The zero-order chi connectivity index (χ0) is 28.5. The summed E-state index contributed by atoms with van der Waals surface area (Å²) in [4.78, 5) is 47.5. The highest BCUT2D eigenvalue weighted by molar-refractivity contribution is 6.31. The fourth-order valence-electron chi connectivity index (χ4n) is 3.72. The van der Waals surface area contributed by atoms with Crippen molar-refractivity contribution in [2.24, 2.45) is 5.92 Å². The summed E-state index contributed by atoms with van der Waals surface area (Å²) in [6, 6.07) is -1.71. The van der Waals surface area contributed by atoms with Crippen LogP contribution < -0.4 is 10.6 Å². The Balaban J connectivity index is 3.16. The summed E-state index contributed by atoms with van der Waals surface area (Å²) in [6.45, 7) is 4.52. The van der Waals surface area contributed by atoms with Crippen LogP contribution in [0.2, 0.25) is 0 Å². The number of likely N-dealkylation sites (N-methyl/N-ethyl adjacent to an activating group) is 1. The minimum atomic E-state index is -1.27. The number of allylic oxidation sites excluding steroid dienone is 6. The Morgan fingerprint density at radius 3 is 2.47 bits per heavy atom. The Bertz CT molecular complexity index is 943. The number of halogens is 1. The molecule has 0 saturated heterocycles. The van der Waals surface area contributed by atoms with Gasteiger partial charge in [0.25, 0.3) is 0 Å². The molecule has 212 valence electrons. The number of hydrogen-bond donors (Lipinski definition) is 4. The van der Waals surface area contributed by atoms with E-state index >= 15 is 0 Å². The minimum Gasteiger partial charge on any atom is -0.481 e. The Hall–Kier alpha value is -2.99. The Kier molecular flexibility index (Phi) is 15.9. The summed E-state index contributed by atoms with van der Waals surface area (Å²) in [7, 11) is 1.27. The minimum absolute atomic E-state index is 0.0893. The molecule has 1 aliphatic carbocycles. The molecule has 0 bridgehead atoms. The fraction of sp³-hybridized carbons (Fsp3) is 0.538. The summed E-state index contributed by atoms with van der Waals surface area (Å²) < 4.78 is 15.9. The highest BCUT2D eigenvalue weighted by atomic mass is 35.5. The van der Waals surface area contributed by atoms with Crippen molar-refractivity contribution in [1.29, 1.82) is 0 Å². The average molecular weight is 557 g/mol. The van der Waals surface area contributed by atoms with Crippen molar-refractivity contribution < 1.29 is 43.6 Å². The van der Waals surface area contributed by atoms with Gasteiger partial charge in [-0.2, -0.15) is 0 Å². The summed E-state index contributed by atoms with van der Waals surface area (Å²) >= 11 is 6.53. The molecule has 0 spiro atoms. The summed E-state index contributed by atoms with van der Waals surface area (Å²) in [6.07, 6.45) is 8.55. The number of carbonyl (C=O) groups is 4. The van der Waals surface area contributed by atoms with E-state index in [0.29, 0.717) is 23.6 Å². The second-order valence-corrected chi connectivity index (χ2v) is 8.63. The van der Waals surface area contributed by atoms with Gasteiger partial charge in [0.05, 0.1) is 39.8 Å². The molecule has 0 fully saturated rings. The SMILES string of the molecule is CCNC(C=C(C(=O)OCC)C(CC(=O)OC)C1=C(Cl)C=CC=CC1)COCCNC(CC(=O)O)C(=O)O. The highest BCUT2D eigenvalue weighted by Gasteiger charge is 2.30. The largest absolute Gasteiger partial charge is 0.481 e. The van der Waals surface area contributed by atoms with Crippen LogP contribution >= 0.6 is 11.6 Å². The smallest absolute Gasteiger partial charge is 0.334 e. The number of carboxylic acids is 2. The van der Waals surface area contributed by atoms with Crippen LogP contribution in [0.4, 0.5) is 0 Å². The second kappa shape index (κ2) is 18.3. The summed E-state index contributed by atoms with van der Waals surface area (Å²) in [5, 5.41) is 24.2. The van der Waals surface area contributed by atoms with Crippen molar-refractivity contribution in [3.05, 3.63) is 46.6 Å². The van der Waals surface area contributed by atoms with Gasteiger partial charge in [-0.1, -0.05) is 42.8 Å². The number of carboxylic acid groups (broad SMARTS) is 2. The van der Waals surface area contributed by atoms with Gasteiger partial charge in [0.1, 0.15) is 6.04 Å². The van der Waals surface area contributed by atoms with E-state index in [0.717, 1.165) is 0 Å². The molecule has 38 heavy (non-hydrogen) atoms. The van der Waals surface area contributed by atoms with Crippen molar-refractivity contribution in [1.82, 2.24) is 10.6 Å². The molecular formula is C26H37ClN2O9. The first-order valence-corrected chi connectivity index (χ1v) is 12.7. The number of aliphatic carboxylic acids is 2. The third-order valence-electron chi connectivity index (χ3n) is 5.50. The van der Waals surface area contributed by atoms with Gasteiger partial charge in [-0.25, -0.2) is 4.79 Å². The maximum absolute atomic E-state index is 13.1. The predicted octanol–water partition coefficient (Wildman–Crippen LogP) is 2.18. The number of hydrogen-bond acceptors (Lipinski definition) is 9. The average Bonchev–Trinajstić information content (AvgIpc) is 3.08. The van der Waals surface area contributed by atoms with Crippen molar-refractivity contribution >= 4 is 35.5 Å². The van der Waals surface area contributed by atoms with Crippen LogP contribution in [0, 0.1) is 5.92 Å². The molecule has 0 aliphatic heterocycles. The lowest BCUT2D eigenvalue weighted by Gasteiger charge is -2.24. The first-order chi connectivity index (χ1) is 18.1. The standard InChI is InChI=1S/C26H37ClN2O9/c1-4-28-17(16-37-12-11-29-22(25(33)34)15-23(30)31)13-20(26(35)38-5-2)19(14-24(32)36-3)18-9-7-6-8-10-21(18)27/h6-8,10,13,17,19,22,28-29H,4-5,9,11-12,14-16H2,1-3H3,(H,30,31)(H,33,34). The van der Waals surface area contributed by atoms with E-state index in [9.17, 15) is 19.2 Å². The first-order valence-electron chi connectivity index (χ1n) is 12.3. The van der Waals surface area contributed by atoms with E-state index in [1.165, 1.54) is 7.11 Å². The second-order valence-electron chi connectivity index (χ2n) is 8.22. The van der Waals surface area contributed by atoms with Crippen molar-refractivity contribution in [2.75, 3.05) is 40.0 Å². The topological polar surface area (TPSA) is 160 Å². The number of esters is 2. The molecule has 3 atom stereocenters. The van der Waals surface area contributed by atoms with Crippen LogP contribution in [0.1, 0.15) is 33.1 Å². The van der Waals surface area contributed by atoms with Crippen LogP contribution in [-0.2, 0) is 33.4 Å². The fourth-order valence-corrected chi connectivity index (χ4v) is 4.00. The number of methoxy groups -OCH3 is 1. The molecule has 0 aromatic rings. The van der Waals surface area contributed by atoms with Crippen LogP contribution in [0.15, 0.2) is 46.6 Å². The lowest BCUT2D eigenvalue weighted by atomic mass is 9.84. The van der Waals surface area contributed by atoms with E-state index in [1.54, 1.807) is 25.2 Å². The van der Waals surface area contributed by atoms with Crippen LogP contribution in [0.3, 0.4) is 0 Å². The van der Waals surface area contributed by atoms with Gasteiger partial charge in [-0.3, -0.25) is 14.4 Å². The quantitative estimate of drug-likeness (QED) is 0.111. The van der Waals surface area contributed by atoms with E-state index in [4.69, 9.17) is 36.0 Å². The lowest BCUT2D eigenvalue weighted by Crippen LogP contribution is -2.40. The van der Waals surface area contributed by atoms with Gasteiger partial charge in [-0.05, 0) is 31.5 Å². The molecule has 0 heterocycles. The zero-order valence-corrected chi connectivity index (χ0v) is 22.7. The molecule has 0 radical (unpaired) electrons. The van der Waals surface area contributed by atoms with Crippen LogP contribution in [0.5, 0.6) is 0 Å². The van der Waals surface area contributed by atoms with Crippen molar-refractivity contribution in [2.45, 2.75) is 45.2 Å². The summed E-state index contributed by atoms with van der Waals surface area (Å²) in [5.74, 6) is -4.33. The van der Waals surface area contributed by atoms with Gasteiger partial charge in [0.2, 0.25) is 0 Å². The third-order valence-corrected chi connectivity index (χ3v) is 5.87. The molecule has 0 amide bonds. The van der Waals surface area contributed by atoms with Gasteiger partial charge < -0.3 is 35.1 Å². The van der Waals surface area contributed by atoms with Crippen molar-refractivity contribution in [3.63, 3.8) is 0 Å². The van der Waals surface area contributed by atoms with Gasteiger partial charge in [-0.15, -0.1) is 0 Å². The van der Waals surface area contributed by atoms with E-state index in [2.05, 4.69) is 10.6 Å². The third kappa shape index (κ3) is 12.0. The van der Waals surface area contributed by atoms with Gasteiger partial charge >= 0.3 is 23.9 Å². The van der Waals surface area contributed by atoms with E-state index in [-0.39, 0.29) is 38.4 Å². The molecule has 0 aromatic heterocycles. The van der Waals surface area contributed by atoms with Crippen LogP contribution in [-0.4, -0.2) is 86.2 Å². The number of carbonyl (C=O) groups excluding carboxylic acids is 2. The maximum Gasteiger partial charge on any atom is 0.334 e. The normalized spacial score (nSPS) is 15.9. The predicted molar refractivity (Wildman–Crippen MR) is 141 cm³/mol. The molecule has 12 heteroatoms. The Morgan fingerprint density at radius 1 is 1.13 bits per heavy atom. The molecule has 4 N–H and O–H groups in total. The summed E-state index contributed by atoms with van der Waals surface area (Å²) in [5.41, 5.74) is 0.897. The molecule has 11 nitrogen and oxygen atoms in total. The molecule has 1 rings (SSSR count).